The second kappa shape index (κ2) is 13.4. The van der Waals surface area contributed by atoms with E-state index >= 15 is 0 Å². The fourth-order valence-electron chi connectivity index (χ4n) is 12.7. The van der Waals surface area contributed by atoms with Gasteiger partial charge in [-0.25, -0.2) is 0 Å². The third-order valence-electron chi connectivity index (χ3n) is 15.5. The Morgan fingerprint density at radius 1 is 0.446 bits per heavy atom. The van der Waals surface area contributed by atoms with E-state index in [0.29, 0.717) is 0 Å². The van der Waals surface area contributed by atoms with E-state index in [1.807, 2.05) is 0 Å². The van der Waals surface area contributed by atoms with Crippen LogP contribution in [-0.2, 0) is 12.8 Å². The van der Waals surface area contributed by atoms with Crippen molar-refractivity contribution in [3.8, 4) is 11.1 Å². The summed E-state index contributed by atoms with van der Waals surface area (Å²) in [7, 11) is 0. The largest absolute Gasteiger partial charge is 0.456 e. The topological polar surface area (TPSA) is 13.1 Å². The molecule has 0 fully saturated rings. The van der Waals surface area contributed by atoms with Crippen molar-refractivity contribution >= 4 is 106 Å². The molecule has 65 heavy (non-hydrogen) atoms. The molecule has 0 spiro atoms. The Morgan fingerprint density at radius 2 is 1.14 bits per heavy atom. The summed E-state index contributed by atoms with van der Waals surface area (Å²) >= 11 is 0. The van der Waals surface area contributed by atoms with Gasteiger partial charge in [0.15, 0.2) is 0 Å². The van der Waals surface area contributed by atoms with Crippen molar-refractivity contribution in [3.05, 3.63) is 219 Å². The highest BCUT2D eigenvalue weighted by atomic mass is 16.3. The number of rotatable bonds is 2. The summed E-state index contributed by atoms with van der Waals surface area (Å²) in [5, 5.41) is 18.3. The molecule has 10 aromatic carbocycles. The zero-order chi connectivity index (χ0) is 42.3. The van der Waals surface area contributed by atoms with Gasteiger partial charge in [-0.15, -0.1) is 0 Å². The van der Waals surface area contributed by atoms with Crippen LogP contribution in [0, 0.1) is 5.92 Å². The van der Waals surface area contributed by atoms with Gasteiger partial charge in [-0.3, -0.25) is 0 Å². The van der Waals surface area contributed by atoms with Crippen molar-refractivity contribution in [2.75, 3.05) is 0 Å². The van der Waals surface area contributed by atoms with Gasteiger partial charge in [-0.2, -0.15) is 0 Å². The lowest BCUT2D eigenvalue weighted by atomic mass is 9.70. The van der Waals surface area contributed by atoms with E-state index in [2.05, 4.69) is 194 Å². The van der Waals surface area contributed by atoms with E-state index < -0.39 is 0 Å². The Bertz CT molecular complexity index is 4190. The van der Waals surface area contributed by atoms with Crippen molar-refractivity contribution in [3.63, 3.8) is 0 Å². The summed E-state index contributed by atoms with van der Waals surface area (Å²) in [4.78, 5) is 0. The third kappa shape index (κ3) is 4.99. The Labute approximate surface area is 376 Å². The van der Waals surface area contributed by atoms with Crippen LogP contribution in [0.5, 0.6) is 0 Å². The molecule has 304 valence electrons. The summed E-state index contributed by atoms with van der Waals surface area (Å²) in [6.07, 6.45) is 21.5. The maximum Gasteiger partial charge on any atom is 0.135 e. The van der Waals surface area contributed by atoms with E-state index in [1.54, 1.807) is 11.1 Å². The van der Waals surface area contributed by atoms with Gasteiger partial charge in [0.2, 0.25) is 0 Å². The van der Waals surface area contributed by atoms with Gasteiger partial charge in [0.25, 0.3) is 0 Å². The number of benzene rings is 10. The lowest BCUT2D eigenvalue weighted by molar-refractivity contribution is 0.668. The molecule has 0 saturated carbocycles. The van der Waals surface area contributed by atoms with E-state index in [4.69, 9.17) is 4.42 Å². The number of furan rings is 1. The van der Waals surface area contributed by atoms with Crippen LogP contribution in [0.2, 0.25) is 0 Å². The Morgan fingerprint density at radius 3 is 2.00 bits per heavy atom. The quantitative estimate of drug-likeness (QED) is 0.158. The summed E-state index contributed by atoms with van der Waals surface area (Å²) in [6.45, 7) is 0. The molecule has 15 rings (SSSR count). The van der Waals surface area contributed by atoms with Crippen LogP contribution in [0.4, 0.5) is 0 Å². The molecule has 1 nitrogen and oxygen atoms in total. The van der Waals surface area contributed by atoms with Crippen molar-refractivity contribution in [1.82, 2.24) is 0 Å². The summed E-state index contributed by atoms with van der Waals surface area (Å²) < 4.78 is 6.71. The van der Waals surface area contributed by atoms with Crippen molar-refractivity contribution in [2.24, 2.45) is 5.92 Å². The maximum absolute atomic E-state index is 6.71. The van der Waals surface area contributed by atoms with Gasteiger partial charge >= 0.3 is 0 Å². The van der Waals surface area contributed by atoms with Crippen LogP contribution in [0.3, 0.4) is 0 Å². The smallest absolute Gasteiger partial charge is 0.135 e. The fraction of sp³-hybridized carbons (Fsp3) is 0.0938. The van der Waals surface area contributed by atoms with Gasteiger partial charge in [0.05, 0.1) is 0 Å². The second-order valence-corrected chi connectivity index (χ2v) is 18.7. The number of fused-ring (bicyclic) bond motifs is 22. The molecule has 0 radical (unpaired) electrons. The van der Waals surface area contributed by atoms with Crippen LogP contribution in [0.25, 0.3) is 117 Å². The number of hydrogen-bond donors (Lipinski definition) is 0. The molecule has 0 amide bonds. The SMILES string of the molecule is C1=Cc2c(c3c(c4c2cc(-c2ccc5oc6ccc(C7C=c8c(c9ccccc9c9ccccc89)=C8c9ccccc9C=CC87)cc6c5c2)c2ccc5ccccc5c24)C=CCC3)CC1. The molecule has 4 aliphatic carbocycles. The molecule has 0 N–H and O–H groups in total. The number of hydrogen-bond acceptors (Lipinski definition) is 1. The Balaban J connectivity index is 0.978. The van der Waals surface area contributed by atoms with E-state index in [1.165, 1.54) is 114 Å². The molecule has 0 aliphatic heterocycles. The Kier molecular flexibility index (Phi) is 7.35. The van der Waals surface area contributed by atoms with Crippen LogP contribution in [0.1, 0.15) is 57.7 Å². The van der Waals surface area contributed by atoms with Crippen LogP contribution in [0.15, 0.2) is 174 Å². The minimum atomic E-state index is 0.126. The van der Waals surface area contributed by atoms with Crippen LogP contribution >= 0.6 is 0 Å². The minimum Gasteiger partial charge on any atom is -0.456 e. The highest BCUT2D eigenvalue weighted by Gasteiger charge is 2.32. The molecule has 2 unspecified atom stereocenters. The van der Waals surface area contributed by atoms with E-state index in [9.17, 15) is 0 Å². The molecular formula is C64H42O. The maximum atomic E-state index is 6.71. The monoisotopic (exact) mass is 826 g/mol. The predicted octanol–water partition coefficient (Wildman–Crippen LogP) is 15.4. The molecule has 1 heterocycles. The molecule has 0 bridgehead atoms. The second-order valence-electron chi connectivity index (χ2n) is 18.7. The van der Waals surface area contributed by atoms with Crippen molar-refractivity contribution in [1.29, 1.82) is 0 Å². The first kappa shape index (κ1) is 35.7. The third-order valence-corrected chi connectivity index (χ3v) is 15.5. The zero-order valence-corrected chi connectivity index (χ0v) is 35.9. The first-order valence-corrected chi connectivity index (χ1v) is 23.4. The van der Waals surface area contributed by atoms with Gasteiger partial charge in [0.1, 0.15) is 11.2 Å². The average molecular weight is 827 g/mol. The summed E-state index contributed by atoms with van der Waals surface area (Å²) in [5.41, 5.74) is 15.6. The van der Waals surface area contributed by atoms with Gasteiger partial charge < -0.3 is 4.42 Å². The normalized spacial score (nSPS) is 17.2. The van der Waals surface area contributed by atoms with Crippen molar-refractivity contribution < 1.29 is 4.42 Å². The molecular weight excluding hydrogens is 785 g/mol. The van der Waals surface area contributed by atoms with Gasteiger partial charge in [-0.1, -0.05) is 164 Å². The Hall–Kier alpha value is -7.74. The average Bonchev–Trinajstić information content (AvgIpc) is 3.75. The van der Waals surface area contributed by atoms with Crippen molar-refractivity contribution in [2.45, 2.75) is 31.6 Å². The summed E-state index contributed by atoms with van der Waals surface area (Å²) in [6, 6.07) is 57.1. The highest BCUT2D eigenvalue weighted by molar-refractivity contribution is 6.27. The first-order valence-electron chi connectivity index (χ1n) is 23.4. The molecule has 0 saturated heterocycles. The lowest BCUT2D eigenvalue weighted by Gasteiger charge is -2.33. The number of allylic oxidation sites excluding steroid dienone is 3. The lowest BCUT2D eigenvalue weighted by Crippen LogP contribution is -2.38. The van der Waals surface area contributed by atoms with Gasteiger partial charge in [-0.05, 0) is 176 Å². The molecule has 1 heteroatoms. The molecule has 11 aromatic rings. The predicted molar refractivity (Wildman–Crippen MR) is 276 cm³/mol. The minimum absolute atomic E-state index is 0.126. The first-order chi connectivity index (χ1) is 32.2. The van der Waals surface area contributed by atoms with E-state index in [-0.39, 0.29) is 11.8 Å². The molecule has 1 aromatic heterocycles. The van der Waals surface area contributed by atoms with Crippen LogP contribution < -0.4 is 10.4 Å². The standard InChI is InChI=1S/C64H42O/c1-3-15-41-37(13-1)25-29-51-53(35-57-47-21-7-5-17-43(47)45-19-9-11-23-49(45)63(57)61(41)51)39-27-31-59-55(33-39)56-34-40(28-32-60(56)65-59)54-36-58-48-22-8-6-18-44(48)46-20-10-12-24-50(46)64(58)62-42-16-4-2-14-38(42)26-30-52(54)62/h1-5,7-9,11-17,19,21-36,51,53H,6,10,18,20H2. The molecule has 2 atom stereocenters. The fourth-order valence-corrected chi connectivity index (χ4v) is 12.7. The van der Waals surface area contributed by atoms with Gasteiger partial charge in [0, 0.05) is 22.6 Å². The van der Waals surface area contributed by atoms with E-state index in [0.717, 1.165) is 42.2 Å². The zero-order valence-electron chi connectivity index (χ0n) is 35.9. The highest BCUT2D eigenvalue weighted by Crippen LogP contribution is 2.48. The summed E-state index contributed by atoms with van der Waals surface area (Å²) in [5.74, 6) is 0.300. The molecule has 4 aliphatic rings. The van der Waals surface area contributed by atoms with Crippen LogP contribution in [-0.4, -0.2) is 0 Å².